The fourth-order valence-corrected chi connectivity index (χ4v) is 0.972. The molecule has 0 saturated heterocycles. The number of carbonyl (C=O) groups excluding carboxylic acids is 1. The maximum atomic E-state index is 10.9. The van der Waals surface area contributed by atoms with Crippen molar-refractivity contribution in [3.05, 3.63) is 0 Å². The number of nitrogens with one attached hydrogen (secondary N) is 1. The second-order valence-corrected chi connectivity index (χ2v) is 3.07. The first-order valence-corrected chi connectivity index (χ1v) is 4.78. The molecule has 0 heterocycles. The second kappa shape index (κ2) is 7.17. The van der Waals surface area contributed by atoms with Gasteiger partial charge in [-0.3, -0.25) is 10.2 Å². The fraction of sp³-hybridized carbons (Fsp3) is 0.778. The Morgan fingerprint density at radius 2 is 2.14 bits per heavy atom. The molecule has 0 aliphatic heterocycles. The minimum atomic E-state index is -0.155. The van der Waals surface area contributed by atoms with Crippen LogP contribution in [0.3, 0.4) is 0 Å². The molecular formula is C9H19N3O2. The molecule has 0 bridgehead atoms. The number of hydrogen-bond donors (Lipinski definition) is 2. The van der Waals surface area contributed by atoms with E-state index in [1.165, 1.54) is 0 Å². The normalized spacial score (nSPS) is 9.57. The summed E-state index contributed by atoms with van der Waals surface area (Å²) in [5.41, 5.74) is 5.24. The van der Waals surface area contributed by atoms with Crippen molar-refractivity contribution < 1.29 is 9.53 Å². The molecule has 0 spiro atoms. The molecular weight excluding hydrogens is 182 g/mol. The number of nitrogens with zero attached hydrogens (tertiary/aromatic N) is 1. The molecule has 0 radical (unpaired) electrons. The number of guanidine groups is 1. The number of hydrogen-bond acceptors (Lipinski definition) is 3. The van der Waals surface area contributed by atoms with Gasteiger partial charge in [0.05, 0.1) is 6.61 Å². The van der Waals surface area contributed by atoms with Crippen molar-refractivity contribution in [2.75, 3.05) is 20.2 Å². The van der Waals surface area contributed by atoms with E-state index in [1.54, 1.807) is 18.9 Å². The number of rotatable bonds is 6. The summed E-state index contributed by atoms with van der Waals surface area (Å²) in [7, 11) is 1.76. The first-order valence-electron chi connectivity index (χ1n) is 4.78. The van der Waals surface area contributed by atoms with Crippen molar-refractivity contribution in [1.82, 2.24) is 4.90 Å². The quantitative estimate of drug-likeness (QED) is 0.284. The van der Waals surface area contributed by atoms with Gasteiger partial charge < -0.3 is 15.4 Å². The Morgan fingerprint density at radius 3 is 2.64 bits per heavy atom. The number of esters is 1. The topological polar surface area (TPSA) is 79.4 Å². The average Bonchev–Trinajstić information content (AvgIpc) is 2.12. The van der Waals surface area contributed by atoms with Crippen LogP contribution in [0.5, 0.6) is 0 Å². The van der Waals surface area contributed by atoms with Crippen LogP contribution in [-0.2, 0) is 9.53 Å². The maximum Gasteiger partial charge on any atom is 0.305 e. The minimum Gasteiger partial charge on any atom is -0.466 e. The summed E-state index contributed by atoms with van der Waals surface area (Å²) in [4.78, 5) is 12.6. The standard InChI is InChI=1S/C9H19N3O2/c1-3-14-8(13)6-4-5-7-12(2)9(10)11/h3-7H2,1-2H3,(H3,10,11). The Bertz CT molecular complexity index is 194. The monoisotopic (exact) mass is 201 g/mol. The summed E-state index contributed by atoms with van der Waals surface area (Å²) >= 11 is 0. The third kappa shape index (κ3) is 6.28. The Morgan fingerprint density at radius 1 is 1.50 bits per heavy atom. The summed E-state index contributed by atoms with van der Waals surface area (Å²) in [6.07, 6.45) is 2.06. The minimum absolute atomic E-state index is 0.0566. The summed E-state index contributed by atoms with van der Waals surface area (Å²) < 4.78 is 4.78. The van der Waals surface area contributed by atoms with Gasteiger partial charge in [0.2, 0.25) is 0 Å². The van der Waals surface area contributed by atoms with E-state index in [1.807, 2.05) is 0 Å². The van der Waals surface area contributed by atoms with Crippen molar-refractivity contribution in [3.8, 4) is 0 Å². The number of unbranched alkanes of at least 4 members (excludes halogenated alkanes) is 1. The van der Waals surface area contributed by atoms with Gasteiger partial charge in [-0.15, -0.1) is 0 Å². The molecule has 0 fully saturated rings. The van der Waals surface area contributed by atoms with E-state index < -0.39 is 0 Å². The zero-order chi connectivity index (χ0) is 11.0. The van der Waals surface area contributed by atoms with E-state index in [0.29, 0.717) is 19.6 Å². The Labute approximate surface area is 84.7 Å². The average molecular weight is 201 g/mol. The molecule has 5 nitrogen and oxygen atoms in total. The second-order valence-electron chi connectivity index (χ2n) is 3.07. The molecule has 0 aromatic rings. The van der Waals surface area contributed by atoms with Crippen LogP contribution in [0.1, 0.15) is 26.2 Å². The Hall–Kier alpha value is -1.26. The van der Waals surface area contributed by atoms with Crippen molar-refractivity contribution in [2.24, 2.45) is 5.73 Å². The first-order chi connectivity index (χ1) is 6.57. The van der Waals surface area contributed by atoms with Gasteiger partial charge in [0.15, 0.2) is 5.96 Å². The van der Waals surface area contributed by atoms with Crippen LogP contribution in [0.25, 0.3) is 0 Å². The molecule has 3 N–H and O–H groups in total. The van der Waals surface area contributed by atoms with Crippen LogP contribution in [0.4, 0.5) is 0 Å². The SMILES string of the molecule is CCOC(=O)CCCCN(C)C(=N)N. The number of ether oxygens (including phenoxy) is 1. The highest BCUT2D eigenvalue weighted by Crippen LogP contribution is 1.98. The van der Waals surface area contributed by atoms with Crippen molar-refractivity contribution in [3.63, 3.8) is 0 Å². The lowest BCUT2D eigenvalue weighted by molar-refractivity contribution is -0.143. The summed E-state index contributed by atoms with van der Waals surface area (Å²) in [6, 6.07) is 0. The lowest BCUT2D eigenvalue weighted by Crippen LogP contribution is -2.33. The molecule has 0 rings (SSSR count). The van der Waals surface area contributed by atoms with E-state index in [0.717, 1.165) is 12.8 Å². The molecule has 0 saturated carbocycles. The lowest BCUT2D eigenvalue weighted by atomic mass is 10.2. The molecule has 0 aliphatic rings. The molecule has 0 aromatic heterocycles. The maximum absolute atomic E-state index is 10.9. The molecule has 0 amide bonds. The van der Waals surface area contributed by atoms with Crippen LogP contribution in [-0.4, -0.2) is 37.0 Å². The van der Waals surface area contributed by atoms with Gasteiger partial charge in [0.1, 0.15) is 0 Å². The van der Waals surface area contributed by atoms with Gasteiger partial charge in [-0.2, -0.15) is 0 Å². The molecule has 5 heteroatoms. The fourth-order valence-electron chi connectivity index (χ4n) is 0.972. The van der Waals surface area contributed by atoms with Crippen molar-refractivity contribution in [2.45, 2.75) is 26.2 Å². The number of nitrogens with two attached hydrogens (primary N) is 1. The highest BCUT2D eigenvalue weighted by Gasteiger charge is 2.02. The lowest BCUT2D eigenvalue weighted by Gasteiger charge is -2.15. The molecule has 0 aromatic carbocycles. The van der Waals surface area contributed by atoms with Crippen LogP contribution < -0.4 is 5.73 Å². The largest absolute Gasteiger partial charge is 0.466 e. The van der Waals surface area contributed by atoms with Gasteiger partial charge >= 0.3 is 5.97 Å². The van der Waals surface area contributed by atoms with Gasteiger partial charge in [-0.1, -0.05) is 0 Å². The highest BCUT2D eigenvalue weighted by atomic mass is 16.5. The van der Waals surface area contributed by atoms with Crippen LogP contribution in [0, 0.1) is 5.41 Å². The molecule has 0 atom stereocenters. The van der Waals surface area contributed by atoms with E-state index in [9.17, 15) is 4.79 Å². The van der Waals surface area contributed by atoms with Crippen molar-refractivity contribution in [1.29, 1.82) is 5.41 Å². The smallest absolute Gasteiger partial charge is 0.305 e. The predicted octanol–water partition coefficient (Wildman–Crippen LogP) is 0.545. The van der Waals surface area contributed by atoms with Crippen LogP contribution in [0.2, 0.25) is 0 Å². The van der Waals surface area contributed by atoms with E-state index in [2.05, 4.69) is 0 Å². The Balaban J connectivity index is 3.37. The van der Waals surface area contributed by atoms with E-state index >= 15 is 0 Å². The predicted molar refractivity (Wildman–Crippen MR) is 55.0 cm³/mol. The Kier molecular flexibility index (Phi) is 6.53. The summed E-state index contributed by atoms with van der Waals surface area (Å²) in [5.74, 6) is -0.0980. The molecule has 82 valence electrons. The molecule has 0 unspecified atom stereocenters. The van der Waals surface area contributed by atoms with E-state index in [-0.39, 0.29) is 11.9 Å². The summed E-state index contributed by atoms with van der Waals surface area (Å²) in [6.45, 7) is 2.93. The van der Waals surface area contributed by atoms with Crippen LogP contribution >= 0.6 is 0 Å². The molecule has 0 aliphatic carbocycles. The third-order valence-corrected chi connectivity index (χ3v) is 1.84. The van der Waals surface area contributed by atoms with E-state index in [4.69, 9.17) is 15.9 Å². The molecule has 14 heavy (non-hydrogen) atoms. The van der Waals surface area contributed by atoms with Crippen molar-refractivity contribution >= 4 is 11.9 Å². The zero-order valence-electron chi connectivity index (χ0n) is 8.88. The first kappa shape index (κ1) is 12.7. The van der Waals surface area contributed by atoms with Gasteiger partial charge in [-0.05, 0) is 19.8 Å². The summed E-state index contributed by atoms with van der Waals surface area (Å²) in [5, 5.41) is 7.10. The third-order valence-electron chi connectivity index (χ3n) is 1.84. The van der Waals surface area contributed by atoms with Gasteiger partial charge in [-0.25, -0.2) is 0 Å². The van der Waals surface area contributed by atoms with Crippen LogP contribution in [0.15, 0.2) is 0 Å². The highest BCUT2D eigenvalue weighted by molar-refractivity contribution is 5.74. The number of carbonyl (C=O) groups is 1. The van der Waals surface area contributed by atoms with Gasteiger partial charge in [0, 0.05) is 20.0 Å². The van der Waals surface area contributed by atoms with Gasteiger partial charge in [0.25, 0.3) is 0 Å². The zero-order valence-corrected chi connectivity index (χ0v) is 8.88.